The lowest BCUT2D eigenvalue weighted by Crippen LogP contribution is -2.22. The van der Waals surface area contributed by atoms with Crippen LogP contribution in [0, 0.1) is 0 Å². The molecule has 144 valence electrons. The van der Waals surface area contributed by atoms with Crippen molar-refractivity contribution in [2.75, 3.05) is 5.32 Å². The van der Waals surface area contributed by atoms with E-state index in [1.54, 1.807) is 18.2 Å². The number of carbonyl (C=O) groups excluding carboxylic acids is 1. The van der Waals surface area contributed by atoms with Crippen LogP contribution in [0.5, 0.6) is 5.75 Å². The van der Waals surface area contributed by atoms with E-state index in [4.69, 9.17) is 11.5 Å². The molecule has 6 N–H and O–H groups in total. The molecule has 0 aliphatic carbocycles. The second-order valence-corrected chi connectivity index (χ2v) is 7.20. The molecule has 0 saturated carbocycles. The van der Waals surface area contributed by atoms with Gasteiger partial charge < -0.3 is 21.9 Å². The maximum absolute atomic E-state index is 12.8. The molecular formula is C21H16BrN5O2. The smallest absolute Gasteiger partial charge is 0.259 e. The first-order valence-corrected chi connectivity index (χ1v) is 9.42. The number of anilines is 1. The molecule has 1 heterocycles. The Morgan fingerprint density at radius 3 is 2.41 bits per heavy atom. The highest BCUT2D eigenvalue weighted by Gasteiger charge is 2.17. The maximum atomic E-state index is 12.8. The lowest BCUT2D eigenvalue weighted by atomic mass is 10.0. The molecule has 4 aromatic rings. The Labute approximate surface area is 174 Å². The first-order chi connectivity index (χ1) is 13.9. The molecule has 0 spiro atoms. The van der Waals surface area contributed by atoms with Gasteiger partial charge in [-0.15, -0.1) is 0 Å². The van der Waals surface area contributed by atoms with Crippen LogP contribution in [0.15, 0.2) is 70.3 Å². The summed E-state index contributed by atoms with van der Waals surface area (Å²) in [6, 6.07) is 16.7. The summed E-state index contributed by atoms with van der Waals surface area (Å²) < 4.78 is 0.465. The highest BCUT2D eigenvalue weighted by atomic mass is 79.9. The summed E-state index contributed by atoms with van der Waals surface area (Å²) in [7, 11) is 0. The van der Waals surface area contributed by atoms with E-state index < -0.39 is 5.91 Å². The van der Waals surface area contributed by atoms with Crippen molar-refractivity contribution in [3.8, 4) is 5.75 Å². The highest BCUT2D eigenvalue weighted by molar-refractivity contribution is 9.10. The van der Waals surface area contributed by atoms with Crippen LogP contribution in [0.1, 0.15) is 10.4 Å². The fraction of sp³-hybridized carbons (Fsp3) is 0. The summed E-state index contributed by atoms with van der Waals surface area (Å²) >= 11 is 3.42. The number of fused-ring (bicyclic) bond motifs is 2. The number of carbonyl (C=O) groups is 1. The van der Waals surface area contributed by atoms with Crippen molar-refractivity contribution >= 4 is 60.8 Å². The van der Waals surface area contributed by atoms with Crippen LogP contribution < -0.4 is 16.8 Å². The van der Waals surface area contributed by atoms with Crippen molar-refractivity contribution in [3.05, 3.63) is 70.8 Å². The number of nitrogens with zero attached hydrogens (tertiary/aromatic N) is 2. The van der Waals surface area contributed by atoms with Gasteiger partial charge in [-0.25, -0.2) is 4.98 Å². The fourth-order valence-electron chi connectivity index (χ4n) is 3.07. The van der Waals surface area contributed by atoms with E-state index in [1.165, 1.54) is 6.20 Å². The van der Waals surface area contributed by atoms with Crippen LogP contribution in [0.2, 0.25) is 0 Å². The van der Waals surface area contributed by atoms with Crippen LogP contribution in [-0.2, 0) is 0 Å². The number of aromatic nitrogens is 1. The predicted molar refractivity (Wildman–Crippen MR) is 118 cm³/mol. The van der Waals surface area contributed by atoms with Crippen molar-refractivity contribution in [1.29, 1.82) is 0 Å². The van der Waals surface area contributed by atoms with E-state index in [9.17, 15) is 9.90 Å². The molecule has 0 atom stereocenters. The number of rotatable bonds is 3. The Morgan fingerprint density at radius 2 is 1.76 bits per heavy atom. The molecule has 0 aliphatic rings. The van der Waals surface area contributed by atoms with Gasteiger partial charge in [-0.05, 0) is 62.4 Å². The topological polar surface area (TPSA) is 127 Å². The van der Waals surface area contributed by atoms with E-state index in [0.717, 1.165) is 21.5 Å². The summed E-state index contributed by atoms with van der Waals surface area (Å²) in [6.45, 7) is 0. The van der Waals surface area contributed by atoms with Gasteiger partial charge in [0.15, 0.2) is 11.8 Å². The average Bonchev–Trinajstić information content (AvgIpc) is 2.70. The van der Waals surface area contributed by atoms with Gasteiger partial charge in [0.1, 0.15) is 5.75 Å². The van der Waals surface area contributed by atoms with Crippen molar-refractivity contribution in [1.82, 2.24) is 4.98 Å². The third-order valence-corrected chi connectivity index (χ3v) is 5.21. The summed E-state index contributed by atoms with van der Waals surface area (Å²) in [6.07, 6.45) is 1.43. The lowest BCUT2D eigenvalue weighted by Gasteiger charge is -2.12. The lowest BCUT2D eigenvalue weighted by molar-refractivity contribution is 0.102. The average molecular weight is 450 g/mol. The molecule has 1 aromatic heterocycles. The van der Waals surface area contributed by atoms with E-state index in [0.29, 0.717) is 16.0 Å². The number of aliphatic imine (C=N–C) groups is 1. The van der Waals surface area contributed by atoms with E-state index in [2.05, 4.69) is 31.2 Å². The summed E-state index contributed by atoms with van der Waals surface area (Å²) in [4.78, 5) is 20.7. The number of benzene rings is 3. The third-order valence-electron chi connectivity index (χ3n) is 4.41. The Hall–Kier alpha value is -3.65. The summed E-state index contributed by atoms with van der Waals surface area (Å²) in [5.41, 5.74) is 11.2. The summed E-state index contributed by atoms with van der Waals surface area (Å²) in [5, 5.41) is 17.0. The van der Waals surface area contributed by atoms with Crippen molar-refractivity contribution in [2.45, 2.75) is 0 Å². The first-order valence-electron chi connectivity index (χ1n) is 8.63. The van der Waals surface area contributed by atoms with Gasteiger partial charge in [0.2, 0.25) is 0 Å². The normalized spacial score (nSPS) is 10.8. The number of hydrogen-bond acceptors (Lipinski definition) is 4. The predicted octanol–water partition coefficient (Wildman–Crippen LogP) is 4.01. The van der Waals surface area contributed by atoms with E-state index >= 15 is 0 Å². The Bertz CT molecular complexity index is 1280. The molecular weight excluding hydrogens is 434 g/mol. The Kier molecular flexibility index (Phi) is 4.77. The van der Waals surface area contributed by atoms with Crippen LogP contribution >= 0.6 is 15.9 Å². The molecule has 4 rings (SSSR count). The zero-order valence-electron chi connectivity index (χ0n) is 15.1. The van der Waals surface area contributed by atoms with Gasteiger partial charge in [0.25, 0.3) is 5.91 Å². The van der Waals surface area contributed by atoms with Crippen LogP contribution in [0.4, 0.5) is 11.5 Å². The molecule has 0 bridgehead atoms. The SMILES string of the molecule is NC(N)=Nc1ccc(NC(=O)c2cc3cc4ccccc4cc3c(Br)c2O)cn1. The largest absolute Gasteiger partial charge is 0.506 e. The first kappa shape index (κ1) is 18.7. The maximum Gasteiger partial charge on any atom is 0.259 e. The molecule has 29 heavy (non-hydrogen) atoms. The quantitative estimate of drug-likeness (QED) is 0.213. The van der Waals surface area contributed by atoms with Crippen LogP contribution in [0.3, 0.4) is 0 Å². The molecule has 1 amide bonds. The van der Waals surface area contributed by atoms with Gasteiger partial charge in [-0.2, -0.15) is 4.99 Å². The molecule has 3 aromatic carbocycles. The minimum Gasteiger partial charge on any atom is -0.506 e. The third kappa shape index (κ3) is 3.70. The Balaban J connectivity index is 1.71. The fourth-order valence-corrected chi connectivity index (χ4v) is 3.62. The van der Waals surface area contributed by atoms with Crippen LogP contribution in [0.25, 0.3) is 21.5 Å². The minimum atomic E-state index is -0.463. The van der Waals surface area contributed by atoms with Gasteiger partial charge in [0.05, 0.1) is 21.9 Å². The summed E-state index contributed by atoms with van der Waals surface area (Å²) in [5.74, 6) is -0.371. The van der Waals surface area contributed by atoms with Crippen molar-refractivity contribution in [2.24, 2.45) is 16.5 Å². The van der Waals surface area contributed by atoms with Crippen molar-refractivity contribution in [3.63, 3.8) is 0 Å². The molecule has 0 radical (unpaired) electrons. The molecule has 0 saturated heterocycles. The Morgan fingerprint density at radius 1 is 1.03 bits per heavy atom. The standard InChI is InChI=1S/C21H16BrN5O2/c22-18-15-8-12-4-2-1-3-11(12)7-13(15)9-16(19(18)28)20(29)26-14-5-6-17(25-10-14)27-21(23)24/h1-10,28H,(H,26,29)(H4,23,24,25,27). The number of nitrogens with two attached hydrogens (primary N) is 2. The van der Waals surface area contributed by atoms with Gasteiger partial charge >= 0.3 is 0 Å². The number of aromatic hydroxyl groups is 1. The van der Waals surface area contributed by atoms with Gasteiger partial charge in [0, 0.05) is 5.39 Å². The van der Waals surface area contributed by atoms with E-state index in [1.807, 2.05) is 36.4 Å². The monoisotopic (exact) mass is 449 g/mol. The van der Waals surface area contributed by atoms with Crippen molar-refractivity contribution < 1.29 is 9.90 Å². The second kappa shape index (κ2) is 7.40. The van der Waals surface area contributed by atoms with Gasteiger partial charge in [-0.1, -0.05) is 24.3 Å². The number of guanidine groups is 1. The zero-order valence-corrected chi connectivity index (χ0v) is 16.6. The highest BCUT2D eigenvalue weighted by Crippen LogP contribution is 2.38. The second-order valence-electron chi connectivity index (χ2n) is 6.40. The molecule has 0 aliphatic heterocycles. The van der Waals surface area contributed by atoms with E-state index in [-0.39, 0.29) is 17.3 Å². The number of hydrogen-bond donors (Lipinski definition) is 4. The number of nitrogens with one attached hydrogen (secondary N) is 1. The zero-order chi connectivity index (χ0) is 20.5. The van der Waals surface area contributed by atoms with Gasteiger partial charge in [-0.3, -0.25) is 4.79 Å². The molecule has 7 nitrogen and oxygen atoms in total. The molecule has 8 heteroatoms. The number of phenols is 1. The van der Waals surface area contributed by atoms with Crippen LogP contribution in [-0.4, -0.2) is 22.0 Å². The number of amides is 1. The number of pyridine rings is 1. The molecule has 0 unspecified atom stereocenters. The number of phenolic OH excluding ortho intramolecular Hbond substituents is 1. The molecule has 0 fully saturated rings. The number of halogens is 1. The minimum absolute atomic E-state index is 0.104.